The van der Waals surface area contributed by atoms with Gasteiger partial charge in [0.05, 0.1) is 13.1 Å². The molecule has 2 amide bonds. The number of carbonyl (C=O) groups excluding carboxylic acids is 2. The Balaban J connectivity index is 1.19. The highest BCUT2D eigenvalue weighted by Crippen LogP contribution is 2.21. The van der Waals surface area contributed by atoms with E-state index in [1.807, 2.05) is 60.7 Å². The molecule has 0 saturated heterocycles. The molecule has 0 saturated carbocycles. The minimum absolute atomic E-state index is 0.222. The summed E-state index contributed by atoms with van der Waals surface area (Å²) in [6.07, 6.45) is 0. The highest BCUT2D eigenvalue weighted by atomic mass is 16.2. The number of amidine groups is 2. The van der Waals surface area contributed by atoms with E-state index >= 15 is 0 Å². The molecule has 0 aliphatic carbocycles. The van der Waals surface area contributed by atoms with Crippen molar-refractivity contribution in [3.05, 3.63) is 107 Å². The molecule has 8 heteroatoms. The first-order chi connectivity index (χ1) is 18.6. The van der Waals surface area contributed by atoms with E-state index in [0.717, 1.165) is 59.7 Å². The topological polar surface area (TPSA) is 107 Å². The Morgan fingerprint density at radius 3 is 1.55 bits per heavy atom. The molecule has 2 heterocycles. The SMILES string of the molecule is O=C(Nc1cccc(C2=NCCN2)c1)c1ccc2ccc(C(=O)Nc3cccc(C4=NCCN4)c3)cc2c1. The van der Waals surface area contributed by atoms with Gasteiger partial charge in [0.15, 0.2) is 0 Å². The van der Waals surface area contributed by atoms with Crippen LogP contribution in [0.5, 0.6) is 0 Å². The van der Waals surface area contributed by atoms with E-state index in [1.54, 1.807) is 24.3 Å². The van der Waals surface area contributed by atoms with Crippen molar-refractivity contribution in [3.63, 3.8) is 0 Å². The van der Waals surface area contributed by atoms with Gasteiger partial charge in [-0.05, 0) is 59.3 Å². The maximum atomic E-state index is 13.0. The van der Waals surface area contributed by atoms with Gasteiger partial charge >= 0.3 is 0 Å². The van der Waals surface area contributed by atoms with Gasteiger partial charge in [0, 0.05) is 46.7 Å². The van der Waals surface area contributed by atoms with Gasteiger partial charge in [-0.3, -0.25) is 19.6 Å². The van der Waals surface area contributed by atoms with Crippen LogP contribution in [0, 0.1) is 0 Å². The number of benzene rings is 4. The first-order valence-electron chi connectivity index (χ1n) is 12.6. The van der Waals surface area contributed by atoms with E-state index < -0.39 is 0 Å². The number of nitrogens with zero attached hydrogens (tertiary/aromatic N) is 2. The monoisotopic (exact) mass is 502 g/mol. The minimum atomic E-state index is -0.222. The van der Waals surface area contributed by atoms with E-state index in [0.29, 0.717) is 22.5 Å². The van der Waals surface area contributed by atoms with Crippen LogP contribution in [0.1, 0.15) is 31.8 Å². The molecular weight excluding hydrogens is 476 g/mol. The van der Waals surface area contributed by atoms with Crippen molar-refractivity contribution in [1.82, 2.24) is 10.6 Å². The molecule has 188 valence electrons. The van der Waals surface area contributed by atoms with Crippen molar-refractivity contribution in [1.29, 1.82) is 0 Å². The standard InChI is InChI=1S/C30H26N6O2/c37-29(35-25-5-1-3-20(17-25)27-31-11-12-32-27)22-9-7-19-8-10-23(16-24(19)15-22)30(38)36-26-6-2-4-21(18-26)28-33-13-14-34-28/h1-10,15-18H,11-14H2,(H,31,32)(H,33,34)(H,35,37)(H,36,38). The van der Waals surface area contributed by atoms with Crippen molar-refractivity contribution in [2.24, 2.45) is 9.98 Å². The highest BCUT2D eigenvalue weighted by Gasteiger charge is 2.13. The summed E-state index contributed by atoms with van der Waals surface area (Å²) in [6.45, 7) is 3.15. The quantitative estimate of drug-likeness (QED) is 0.319. The third-order valence-corrected chi connectivity index (χ3v) is 6.50. The Labute approximate surface area is 219 Å². The maximum Gasteiger partial charge on any atom is 0.255 e. The average Bonchev–Trinajstić information content (AvgIpc) is 3.68. The summed E-state index contributed by atoms with van der Waals surface area (Å²) in [5.41, 5.74) is 4.28. The lowest BCUT2D eigenvalue weighted by Crippen LogP contribution is -2.20. The molecule has 2 aliphatic heterocycles. The Hall–Kier alpha value is -4.98. The van der Waals surface area contributed by atoms with Crippen molar-refractivity contribution in [2.75, 3.05) is 36.8 Å². The predicted octanol–water partition coefficient (Wildman–Crippen LogP) is 4.04. The number of anilines is 2. The van der Waals surface area contributed by atoms with Crippen LogP contribution in [0.2, 0.25) is 0 Å². The summed E-state index contributed by atoms with van der Waals surface area (Å²) in [6, 6.07) is 26.2. The second-order valence-corrected chi connectivity index (χ2v) is 9.16. The van der Waals surface area contributed by atoms with Gasteiger partial charge in [-0.2, -0.15) is 0 Å². The molecular formula is C30H26N6O2. The third-order valence-electron chi connectivity index (χ3n) is 6.50. The maximum absolute atomic E-state index is 13.0. The summed E-state index contributed by atoms with van der Waals surface area (Å²) in [7, 11) is 0. The zero-order valence-corrected chi connectivity index (χ0v) is 20.6. The summed E-state index contributed by atoms with van der Waals surface area (Å²) >= 11 is 0. The fourth-order valence-electron chi connectivity index (χ4n) is 4.61. The summed E-state index contributed by atoms with van der Waals surface area (Å²) < 4.78 is 0. The van der Waals surface area contributed by atoms with E-state index in [1.165, 1.54) is 0 Å². The number of carbonyl (C=O) groups is 2. The lowest BCUT2D eigenvalue weighted by Gasteiger charge is -2.10. The fourth-order valence-corrected chi connectivity index (χ4v) is 4.61. The van der Waals surface area contributed by atoms with Crippen LogP contribution in [0.25, 0.3) is 10.8 Å². The molecule has 6 rings (SSSR count). The zero-order valence-electron chi connectivity index (χ0n) is 20.6. The van der Waals surface area contributed by atoms with Gasteiger partial charge in [0.25, 0.3) is 11.8 Å². The smallest absolute Gasteiger partial charge is 0.255 e. The van der Waals surface area contributed by atoms with Gasteiger partial charge in [-0.25, -0.2) is 0 Å². The van der Waals surface area contributed by atoms with Crippen LogP contribution >= 0.6 is 0 Å². The van der Waals surface area contributed by atoms with Gasteiger partial charge in [0.1, 0.15) is 11.7 Å². The van der Waals surface area contributed by atoms with E-state index in [2.05, 4.69) is 31.3 Å². The number of aliphatic imine (C=N–C) groups is 2. The van der Waals surface area contributed by atoms with E-state index in [4.69, 9.17) is 0 Å². The lowest BCUT2D eigenvalue weighted by atomic mass is 10.0. The molecule has 0 fully saturated rings. The summed E-state index contributed by atoms with van der Waals surface area (Å²) in [4.78, 5) is 35.0. The van der Waals surface area contributed by atoms with Crippen molar-refractivity contribution < 1.29 is 9.59 Å². The molecule has 8 nitrogen and oxygen atoms in total. The molecule has 4 N–H and O–H groups in total. The van der Waals surface area contributed by atoms with Gasteiger partial charge in [-0.15, -0.1) is 0 Å². The Morgan fingerprint density at radius 1 is 0.605 bits per heavy atom. The zero-order chi connectivity index (χ0) is 25.9. The predicted molar refractivity (Wildman–Crippen MR) is 152 cm³/mol. The molecule has 0 atom stereocenters. The fraction of sp³-hybridized carbons (Fsp3) is 0.133. The minimum Gasteiger partial charge on any atom is -0.368 e. The van der Waals surface area contributed by atoms with Crippen LogP contribution in [0.3, 0.4) is 0 Å². The number of hydrogen-bond donors (Lipinski definition) is 4. The molecule has 2 aliphatic rings. The summed E-state index contributed by atoms with van der Waals surface area (Å²) in [5.74, 6) is 1.24. The number of rotatable bonds is 6. The Kier molecular flexibility index (Phi) is 6.27. The molecule has 0 radical (unpaired) electrons. The van der Waals surface area contributed by atoms with Gasteiger partial charge in [0.2, 0.25) is 0 Å². The molecule has 0 spiro atoms. The third kappa shape index (κ3) is 4.97. The van der Waals surface area contributed by atoms with Crippen LogP contribution in [-0.2, 0) is 0 Å². The van der Waals surface area contributed by atoms with E-state index in [9.17, 15) is 9.59 Å². The molecule has 4 aromatic rings. The van der Waals surface area contributed by atoms with Crippen LogP contribution in [0.4, 0.5) is 11.4 Å². The lowest BCUT2D eigenvalue weighted by molar-refractivity contribution is 0.101. The molecule has 0 unspecified atom stereocenters. The first kappa shape index (κ1) is 23.4. The Morgan fingerprint density at radius 2 is 1.11 bits per heavy atom. The van der Waals surface area contributed by atoms with Crippen LogP contribution in [0.15, 0.2) is 94.9 Å². The number of amides is 2. The molecule has 0 aromatic heterocycles. The van der Waals surface area contributed by atoms with E-state index in [-0.39, 0.29) is 11.8 Å². The second-order valence-electron chi connectivity index (χ2n) is 9.16. The largest absolute Gasteiger partial charge is 0.368 e. The van der Waals surface area contributed by atoms with Crippen LogP contribution < -0.4 is 21.3 Å². The second kappa shape index (κ2) is 10.2. The molecule has 38 heavy (non-hydrogen) atoms. The van der Waals surface area contributed by atoms with Crippen molar-refractivity contribution in [2.45, 2.75) is 0 Å². The summed E-state index contributed by atoms with van der Waals surface area (Å²) in [5, 5.41) is 14.2. The van der Waals surface area contributed by atoms with Gasteiger partial charge in [-0.1, -0.05) is 36.4 Å². The molecule has 4 aromatic carbocycles. The van der Waals surface area contributed by atoms with Crippen molar-refractivity contribution >= 4 is 45.6 Å². The van der Waals surface area contributed by atoms with Crippen LogP contribution in [-0.4, -0.2) is 49.7 Å². The highest BCUT2D eigenvalue weighted by molar-refractivity contribution is 6.10. The van der Waals surface area contributed by atoms with Crippen molar-refractivity contribution in [3.8, 4) is 0 Å². The first-order valence-corrected chi connectivity index (χ1v) is 12.6. The number of fused-ring (bicyclic) bond motifs is 1. The normalized spacial score (nSPS) is 14.3. The number of nitrogens with one attached hydrogen (secondary N) is 4. The molecule has 0 bridgehead atoms. The van der Waals surface area contributed by atoms with Gasteiger partial charge < -0.3 is 21.3 Å². The number of hydrogen-bond acceptors (Lipinski definition) is 6. The Bertz CT molecular complexity index is 1510. The average molecular weight is 503 g/mol.